The minimum absolute atomic E-state index is 0.787. The molecule has 13 heavy (non-hydrogen) atoms. The third-order valence-electron chi connectivity index (χ3n) is 1.50. The first kappa shape index (κ1) is 10.9. The average molecular weight is 261 g/mol. The van der Waals surface area contributed by atoms with Gasteiger partial charge in [-0.05, 0) is 24.0 Å². The molecule has 0 atom stereocenters. The smallest absolute Gasteiger partial charge is 0.120 e. The van der Waals surface area contributed by atoms with Gasteiger partial charge < -0.3 is 4.74 Å². The summed E-state index contributed by atoms with van der Waals surface area (Å²) in [5.74, 6) is 3.15. The van der Waals surface area contributed by atoms with Crippen LogP contribution in [-0.2, 0) is 0 Å². The molecule has 72 valence electrons. The Morgan fingerprint density at radius 3 is 3.00 bits per heavy atom. The van der Waals surface area contributed by atoms with Gasteiger partial charge in [-0.15, -0.1) is 0 Å². The van der Waals surface area contributed by atoms with Crippen molar-refractivity contribution in [2.45, 2.75) is 6.92 Å². The Balaban J connectivity index is 2.28. The van der Waals surface area contributed by atoms with Crippen molar-refractivity contribution < 1.29 is 4.74 Å². The van der Waals surface area contributed by atoms with Crippen molar-refractivity contribution >= 4 is 27.7 Å². The van der Waals surface area contributed by atoms with Gasteiger partial charge in [0.15, 0.2) is 0 Å². The zero-order valence-electron chi connectivity index (χ0n) is 7.63. The van der Waals surface area contributed by atoms with Crippen LogP contribution in [0, 0.1) is 0 Å². The second-order valence-corrected chi connectivity index (χ2v) is 4.81. The first-order valence-electron chi connectivity index (χ1n) is 4.29. The summed E-state index contributed by atoms with van der Waals surface area (Å²) >= 11 is 5.29. The van der Waals surface area contributed by atoms with Crippen molar-refractivity contribution in [1.82, 2.24) is 0 Å². The second kappa shape index (κ2) is 6.33. The SMILES string of the molecule is CCSCCOc1cccc(Br)c1. The minimum Gasteiger partial charge on any atom is -0.493 e. The second-order valence-electron chi connectivity index (χ2n) is 2.50. The van der Waals surface area contributed by atoms with Crippen molar-refractivity contribution in [2.75, 3.05) is 18.1 Å². The van der Waals surface area contributed by atoms with Crippen molar-refractivity contribution in [1.29, 1.82) is 0 Å². The molecule has 0 aliphatic rings. The van der Waals surface area contributed by atoms with E-state index in [1.807, 2.05) is 36.0 Å². The van der Waals surface area contributed by atoms with Crippen molar-refractivity contribution in [3.05, 3.63) is 28.7 Å². The monoisotopic (exact) mass is 260 g/mol. The van der Waals surface area contributed by atoms with Crippen molar-refractivity contribution in [3.8, 4) is 5.75 Å². The van der Waals surface area contributed by atoms with Gasteiger partial charge in [0.25, 0.3) is 0 Å². The van der Waals surface area contributed by atoms with Crippen LogP contribution in [0.25, 0.3) is 0 Å². The van der Waals surface area contributed by atoms with Gasteiger partial charge >= 0.3 is 0 Å². The molecule has 0 unspecified atom stereocenters. The van der Waals surface area contributed by atoms with Gasteiger partial charge in [0.1, 0.15) is 5.75 Å². The molecule has 1 aromatic carbocycles. The van der Waals surface area contributed by atoms with Gasteiger partial charge in [0, 0.05) is 10.2 Å². The van der Waals surface area contributed by atoms with E-state index in [4.69, 9.17) is 4.74 Å². The van der Waals surface area contributed by atoms with Crippen LogP contribution in [0.5, 0.6) is 5.75 Å². The minimum atomic E-state index is 0.787. The molecular weight excluding hydrogens is 248 g/mol. The van der Waals surface area contributed by atoms with E-state index in [2.05, 4.69) is 22.9 Å². The normalized spacial score (nSPS) is 10.0. The molecule has 0 aromatic heterocycles. The van der Waals surface area contributed by atoms with Gasteiger partial charge in [-0.1, -0.05) is 28.9 Å². The number of benzene rings is 1. The van der Waals surface area contributed by atoms with Crippen molar-refractivity contribution in [3.63, 3.8) is 0 Å². The molecule has 0 heterocycles. The third-order valence-corrected chi connectivity index (χ3v) is 2.85. The summed E-state index contributed by atoms with van der Waals surface area (Å²) in [7, 11) is 0. The summed E-state index contributed by atoms with van der Waals surface area (Å²) in [6, 6.07) is 7.93. The summed E-state index contributed by atoms with van der Waals surface area (Å²) in [5, 5.41) is 0. The van der Waals surface area contributed by atoms with E-state index in [0.29, 0.717) is 0 Å². The van der Waals surface area contributed by atoms with E-state index < -0.39 is 0 Å². The molecule has 1 aromatic rings. The predicted molar refractivity (Wildman–Crippen MR) is 62.6 cm³/mol. The molecule has 0 aliphatic carbocycles. The maximum absolute atomic E-state index is 5.54. The Hall–Kier alpha value is -0.150. The van der Waals surface area contributed by atoms with Crippen LogP contribution in [0.4, 0.5) is 0 Å². The maximum Gasteiger partial charge on any atom is 0.120 e. The summed E-state index contributed by atoms with van der Waals surface area (Å²) in [6.45, 7) is 2.94. The molecule has 3 heteroatoms. The van der Waals surface area contributed by atoms with E-state index in [1.165, 1.54) is 0 Å². The molecule has 0 amide bonds. The van der Waals surface area contributed by atoms with E-state index in [-0.39, 0.29) is 0 Å². The van der Waals surface area contributed by atoms with E-state index in [1.54, 1.807) is 0 Å². The summed E-state index contributed by atoms with van der Waals surface area (Å²) in [6.07, 6.45) is 0. The predicted octanol–water partition coefficient (Wildman–Crippen LogP) is 3.58. The van der Waals surface area contributed by atoms with E-state index in [9.17, 15) is 0 Å². The lowest BCUT2D eigenvalue weighted by atomic mass is 10.3. The molecule has 0 saturated carbocycles. The Kier molecular flexibility index (Phi) is 5.32. The van der Waals surface area contributed by atoms with E-state index >= 15 is 0 Å². The molecule has 0 fully saturated rings. The maximum atomic E-state index is 5.54. The number of hydrogen-bond donors (Lipinski definition) is 0. The Morgan fingerprint density at radius 2 is 2.31 bits per heavy atom. The summed E-state index contributed by atoms with van der Waals surface area (Å²) in [5.41, 5.74) is 0. The van der Waals surface area contributed by atoms with Gasteiger partial charge in [-0.3, -0.25) is 0 Å². The fourth-order valence-electron chi connectivity index (χ4n) is 0.920. The molecule has 1 rings (SSSR count). The van der Waals surface area contributed by atoms with Crippen LogP contribution >= 0.6 is 27.7 Å². The molecule has 0 radical (unpaired) electrons. The highest BCUT2D eigenvalue weighted by atomic mass is 79.9. The Bertz CT molecular complexity index is 252. The van der Waals surface area contributed by atoms with Crippen LogP contribution in [-0.4, -0.2) is 18.1 Å². The number of halogens is 1. The number of thioether (sulfide) groups is 1. The third kappa shape index (κ3) is 4.58. The van der Waals surface area contributed by atoms with Gasteiger partial charge in [0.2, 0.25) is 0 Å². The summed E-state index contributed by atoms with van der Waals surface area (Å²) < 4.78 is 6.60. The van der Waals surface area contributed by atoms with Crippen LogP contribution in [0.1, 0.15) is 6.92 Å². The fourth-order valence-corrected chi connectivity index (χ4v) is 1.79. The molecule has 0 spiro atoms. The molecular formula is C10H13BrOS. The zero-order chi connectivity index (χ0) is 9.52. The standard InChI is InChI=1S/C10H13BrOS/c1-2-13-7-6-12-10-5-3-4-9(11)8-10/h3-5,8H,2,6-7H2,1H3. The molecule has 1 nitrogen and oxygen atoms in total. The quantitative estimate of drug-likeness (QED) is 0.749. The molecule has 0 saturated heterocycles. The van der Waals surface area contributed by atoms with E-state index in [0.717, 1.165) is 28.3 Å². The lowest BCUT2D eigenvalue weighted by Crippen LogP contribution is -1.99. The van der Waals surface area contributed by atoms with Crippen LogP contribution < -0.4 is 4.74 Å². The van der Waals surface area contributed by atoms with Gasteiger partial charge in [-0.25, -0.2) is 0 Å². The molecule has 0 bridgehead atoms. The number of ether oxygens (including phenoxy) is 1. The van der Waals surface area contributed by atoms with Gasteiger partial charge in [-0.2, -0.15) is 11.8 Å². The van der Waals surface area contributed by atoms with Crippen LogP contribution in [0.2, 0.25) is 0 Å². The number of rotatable bonds is 5. The molecule has 0 aliphatic heterocycles. The van der Waals surface area contributed by atoms with Crippen LogP contribution in [0.3, 0.4) is 0 Å². The Morgan fingerprint density at radius 1 is 1.46 bits per heavy atom. The lowest BCUT2D eigenvalue weighted by Gasteiger charge is -2.05. The average Bonchev–Trinajstić information content (AvgIpc) is 2.13. The number of hydrogen-bond acceptors (Lipinski definition) is 2. The topological polar surface area (TPSA) is 9.23 Å². The zero-order valence-corrected chi connectivity index (χ0v) is 10.0. The highest BCUT2D eigenvalue weighted by Gasteiger charge is 1.93. The first-order valence-corrected chi connectivity index (χ1v) is 6.24. The molecule has 0 N–H and O–H groups in total. The van der Waals surface area contributed by atoms with Crippen LogP contribution in [0.15, 0.2) is 28.7 Å². The van der Waals surface area contributed by atoms with Crippen molar-refractivity contribution in [2.24, 2.45) is 0 Å². The van der Waals surface area contributed by atoms with Gasteiger partial charge in [0.05, 0.1) is 6.61 Å². The lowest BCUT2D eigenvalue weighted by molar-refractivity contribution is 0.344. The highest BCUT2D eigenvalue weighted by Crippen LogP contribution is 2.17. The highest BCUT2D eigenvalue weighted by molar-refractivity contribution is 9.10. The first-order chi connectivity index (χ1) is 6.33. The largest absolute Gasteiger partial charge is 0.493 e. The fraction of sp³-hybridized carbons (Fsp3) is 0.400. The Labute approximate surface area is 92.0 Å². The summed E-state index contributed by atoms with van der Waals surface area (Å²) in [4.78, 5) is 0.